The Morgan fingerprint density at radius 1 is 0.930 bits per heavy atom. The lowest BCUT2D eigenvalue weighted by Crippen LogP contribution is -2.57. The number of para-hydroxylation sites is 1. The van der Waals surface area contributed by atoms with Crippen molar-refractivity contribution < 1.29 is 29.3 Å². The second-order valence-corrected chi connectivity index (χ2v) is 11.3. The molecule has 43 heavy (non-hydrogen) atoms. The van der Waals surface area contributed by atoms with Crippen LogP contribution in [0.4, 0.5) is 0 Å². The summed E-state index contributed by atoms with van der Waals surface area (Å²) in [5.74, 6) is -1.75. The van der Waals surface area contributed by atoms with E-state index in [9.17, 15) is 24.6 Å². The number of rotatable bonds is 14. The Balaban J connectivity index is 1.50. The molecule has 0 spiro atoms. The zero-order valence-corrected chi connectivity index (χ0v) is 24.8. The van der Waals surface area contributed by atoms with E-state index in [2.05, 4.69) is 20.9 Å². The number of fused-ring (bicyclic) bond motifs is 1. The molecule has 3 amide bonds. The van der Waals surface area contributed by atoms with Crippen molar-refractivity contribution >= 4 is 28.6 Å². The van der Waals surface area contributed by atoms with Crippen molar-refractivity contribution in [3.05, 3.63) is 71.9 Å². The molecule has 232 valence electrons. The van der Waals surface area contributed by atoms with Crippen LogP contribution in [-0.2, 0) is 32.0 Å². The zero-order chi connectivity index (χ0) is 30.8. The van der Waals surface area contributed by atoms with E-state index in [1.165, 1.54) is 0 Å². The molecule has 11 nitrogen and oxygen atoms in total. The van der Waals surface area contributed by atoms with Gasteiger partial charge >= 0.3 is 0 Å². The van der Waals surface area contributed by atoms with Crippen LogP contribution in [0.2, 0.25) is 0 Å². The Bertz CT molecular complexity index is 1340. The summed E-state index contributed by atoms with van der Waals surface area (Å²) in [7, 11) is 0. The Morgan fingerprint density at radius 2 is 1.63 bits per heavy atom. The summed E-state index contributed by atoms with van der Waals surface area (Å²) in [4.78, 5) is 45.0. The van der Waals surface area contributed by atoms with Gasteiger partial charge in [-0.15, -0.1) is 0 Å². The van der Waals surface area contributed by atoms with Crippen LogP contribution in [0.5, 0.6) is 0 Å². The number of aromatic nitrogens is 1. The number of amides is 3. The quantitative estimate of drug-likeness (QED) is 0.161. The van der Waals surface area contributed by atoms with E-state index in [0.717, 1.165) is 22.0 Å². The van der Waals surface area contributed by atoms with E-state index in [1.807, 2.05) is 65.7 Å². The minimum Gasteiger partial charge on any atom is -0.396 e. The lowest BCUT2D eigenvalue weighted by atomic mass is 9.92. The third-order valence-electron chi connectivity index (χ3n) is 7.88. The SMILES string of the molecule is C[C@H](CO)[C@H](O)[C@H](Cc1ccccc1)NC(=O)[C@H](Cc1c[nH]c2ccccc12)NC(=O)[C@@H](C)NC(=O)CN1CCOCC1. The average molecular weight is 594 g/mol. The highest BCUT2D eigenvalue weighted by Gasteiger charge is 2.31. The van der Waals surface area contributed by atoms with Crippen LogP contribution in [-0.4, -0.2) is 102 Å². The highest BCUT2D eigenvalue weighted by molar-refractivity contribution is 5.93. The molecule has 0 radical (unpaired) electrons. The minimum absolute atomic E-state index is 0.155. The number of H-pyrrole nitrogens is 1. The number of aromatic amines is 1. The normalized spacial score (nSPS) is 17.4. The number of nitrogens with one attached hydrogen (secondary N) is 4. The van der Waals surface area contributed by atoms with Crippen molar-refractivity contribution in [2.24, 2.45) is 5.92 Å². The number of hydrogen-bond acceptors (Lipinski definition) is 7. The van der Waals surface area contributed by atoms with Crippen LogP contribution < -0.4 is 16.0 Å². The monoisotopic (exact) mass is 593 g/mol. The van der Waals surface area contributed by atoms with Crippen molar-refractivity contribution in [1.82, 2.24) is 25.8 Å². The number of ether oxygens (including phenoxy) is 1. The molecule has 1 saturated heterocycles. The molecule has 1 aliphatic heterocycles. The molecule has 0 bridgehead atoms. The number of aliphatic hydroxyl groups is 2. The van der Waals surface area contributed by atoms with Gasteiger partial charge in [0.05, 0.1) is 31.9 Å². The van der Waals surface area contributed by atoms with Crippen molar-refractivity contribution in [3.8, 4) is 0 Å². The Morgan fingerprint density at radius 3 is 2.35 bits per heavy atom. The predicted octanol–water partition coefficient (Wildman–Crippen LogP) is 0.749. The molecule has 0 saturated carbocycles. The van der Waals surface area contributed by atoms with E-state index in [0.29, 0.717) is 32.7 Å². The second-order valence-electron chi connectivity index (χ2n) is 11.3. The summed E-state index contributed by atoms with van der Waals surface area (Å²) < 4.78 is 5.33. The van der Waals surface area contributed by atoms with Gasteiger partial charge in [0, 0.05) is 49.1 Å². The second kappa shape index (κ2) is 15.6. The van der Waals surface area contributed by atoms with Crippen molar-refractivity contribution in [2.45, 2.75) is 50.9 Å². The van der Waals surface area contributed by atoms with Gasteiger partial charge in [0.25, 0.3) is 0 Å². The first-order valence-electron chi connectivity index (χ1n) is 14.8. The number of aliphatic hydroxyl groups excluding tert-OH is 2. The molecule has 1 aliphatic rings. The molecule has 1 fully saturated rings. The minimum atomic E-state index is -1.03. The van der Waals surface area contributed by atoms with Crippen LogP contribution in [0.25, 0.3) is 10.9 Å². The molecule has 0 aliphatic carbocycles. The lowest BCUT2D eigenvalue weighted by Gasteiger charge is -2.30. The maximum Gasteiger partial charge on any atom is 0.243 e. The Hall–Kier alpha value is -3.77. The van der Waals surface area contributed by atoms with Crippen LogP contribution in [0, 0.1) is 5.92 Å². The first kappa shape index (κ1) is 32.2. The molecule has 6 N–H and O–H groups in total. The molecular formula is C32H43N5O6. The Labute approximate surface area is 252 Å². The maximum absolute atomic E-state index is 13.8. The summed E-state index contributed by atoms with van der Waals surface area (Å²) in [5.41, 5.74) is 2.65. The fourth-order valence-electron chi connectivity index (χ4n) is 5.25. The van der Waals surface area contributed by atoms with Gasteiger partial charge in [0.15, 0.2) is 0 Å². The van der Waals surface area contributed by atoms with E-state index in [4.69, 9.17) is 4.74 Å². The smallest absolute Gasteiger partial charge is 0.243 e. The third kappa shape index (κ3) is 9.11. The van der Waals surface area contributed by atoms with E-state index < -0.39 is 42.0 Å². The molecule has 5 atom stereocenters. The van der Waals surface area contributed by atoms with Crippen molar-refractivity contribution in [1.29, 1.82) is 0 Å². The summed E-state index contributed by atoms with van der Waals surface area (Å²) in [6.45, 7) is 5.61. The number of nitrogens with zero attached hydrogens (tertiary/aromatic N) is 1. The fourth-order valence-corrected chi connectivity index (χ4v) is 5.25. The first-order valence-corrected chi connectivity index (χ1v) is 14.8. The Kier molecular flexibility index (Phi) is 11.7. The number of hydrogen-bond donors (Lipinski definition) is 6. The molecule has 3 aromatic rings. The van der Waals surface area contributed by atoms with Gasteiger partial charge in [0.1, 0.15) is 12.1 Å². The van der Waals surface area contributed by atoms with Crippen LogP contribution in [0.15, 0.2) is 60.8 Å². The standard InChI is InChI=1S/C32H43N5O6/c1-21(20-38)30(40)27(16-23-8-4-3-5-9-23)35-32(42)28(17-24-18-33-26-11-7-6-10-25(24)26)36-31(41)22(2)34-29(39)19-37-12-14-43-15-13-37/h3-11,18,21-22,27-28,30,33,38,40H,12-17,19-20H2,1-2H3,(H,34,39)(H,35,42)(H,36,41)/t21-,22-,27+,28+,30+/m1/s1. The maximum atomic E-state index is 13.8. The summed E-state index contributed by atoms with van der Waals surface area (Å²) >= 11 is 0. The summed E-state index contributed by atoms with van der Waals surface area (Å²) in [6, 6.07) is 14.5. The van der Waals surface area contributed by atoms with Gasteiger partial charge in [-0.25, -0.2) is 0 Å². The molecule has 0 unspecified atom stereocenters. The molecule has 2 heterocycles. The number of morpholine rings is 1. The van der Waals surface area contributed by atoms with Crippen molar-refractivity contribution in [3.63, 3.8) is 0 Å². The topological polar surface area (TPSA) is 156 Å². The lowest BCUT2D eigenvalue weighted by molar-refractivity contribution is -0.132. The molecule has 11 heteroatoms. The molecule has 1 aromatic heterocycles. The highest BCUT2D eigenvalue weighted by Crippen LogP contribution is 2.20. The number of benzene rings is 2. The van der Waals surface area contributed by atoms with Gasteiger partial charge in [-0.3, -0.25) is 19.3 Å². The summed E-state index contributed by atoms with van der Waals surface area (Å²) in [5, 5.41) is 30.2. The highest BCUT2D eigenvalue weighted by atomic mass is 16.5. The first-order chi connectivity index (χ1) is 20.7. The van der Waals surface area contributed by atoms with Gasteiger partial charge in [0.2, 0.25) is 17.7 Å². The largest absolute Gasteiger partial charge is 0.396 e. The van der Waals surface area contributed by atoms with Crippen LogP contribution in [0.3, 0.4) is 0 Å². The van der Waals surface area contributed by atoms with Gasteiger partial charge in [-0.1, -0.05) is 55.5 Å². The van der Waals surface area contributed by atoms with E-state index >= 15 is 0 Å². The average Bonchev–Trinajstić information content (AvgIpc) is 3.43. The fraction of sp³-hybridized carbons (Fsp3) is 0.469. The molecule has 2 aromatic carbocycles. The van der Waals surface area contributed by atoms with E-state index in [-0.39, 0.29) is 25.5 Å². The van der Waals surface area contributed by atoms with Gasteiger partial charge in [-0.2, -0.15) is 0 Å². The van der Waals surface area contributed by atoms with Gasteiger partial charge < -0.3 is 35.9 Å². The molecular weight excluding hydrogens is 550 g/mol. The van der Waals surface area contributed by atoms with Crippen LogP contribution in [0.1, 0.15) is 25.0 Å². The zero-order valence-electron chi connectivity index (χ0n) is 24.8. The van der Waals surface area contributed by atoms with E-state index in [1.54, 1.807) is 13.8 Å². The number of carbonyl (C=O) groups excluding carboxylic acids is 3. The molecule has 4 rings (SSSR count). The third-order valence-corrected chi connectivity index (χ3v) is 7.88. The van der Waals surface area contributed by atoms with Crippen molar-refractivity contribution in [2.75, 3.05) is 39.5 Å². The van der Waals surface area contributed by atoms with Crippen LogP contribution >= 0.6 is 0 Å². The predicted molar refractivity (Wildman–Crippen MR) is 163 cm³/mol. The number of carbonyl (C=O) groups is 3. The summed E-state index contributed by atoms with van der Waals surface area (Å²) in [6.07, 6.45) is 1.30. The van der Waals surface area contributed by atoms with Gasteiger partial charge in [-0.05, 0) is 30.5 Å².